The minimum atomic E-state index is -1.27. The second-order valence-corrected chi connectivity index (χ2v) is 11.4. The first-order valence-electron chi connectivity index (χ1n) is 12.6. The number of hydrogen-bond donors (Lipinski definition) is 2. The summed E-state index contributed by atoms with van der Waals surface area (Å²) in [6, 6.07) is 0. The molecule has 2 unspecified atom stereocenters. The predicted molar refractivity (Wildman–Crippen MR) is 132 cm³/mol. The Bertz CT molecular complexity index is 542. The summed E-state index contributed by atoms with van der Waals surface area (Å²) in [5.74, 6) is -4.18. The number of Topliss-reactive ketones (excluding diaryl/α,β-unsaturated/α-hetero) is 2. The first-order chi connectivity index (χ1) is 16.3. The molecule has 0 aromatic heterocycles. The molecule has 0 aliphatic carbocycles. The highest BCUT2D eigenvalue weighted by atomic mass is 33.1. The Morgan fingerprint density at radius 2 is 0.882 bits per heavy atom. The van der Waals surface area contributed by atoms with Crippen molar-refractivity contribution in [3.8, 4) is 0 Å². The summed E-state index contributed by atoms with van der Waals surface area (Å²) in [5.41, 5.74) is 7.59. The van der Waals surface area contributed by atoms with E-state index in [1.54, 1.807) is 0 Å². The van der Waals surface area contributed by atoms with Crippen molar-refractivity contribution in [1.29, 1.82) is 0 Å². The van der Waals surface area contributed by atoms with Crippen LogP contribution in [-0.4, -0.2) is 48.1 Å². The van der Waals surface area contributed by atoms with Gasteiger partial charge in [0.25, 0.3) is 0 Å². The zero-order valence-electron chi connectivity index (χ0n) is 20.6. The molecule has 0 aliphatic rings. The maximum absolute atomic E-state index is 12.1. The van der Waals surface area contributed by atoms with Gasteiger partial charge in [-0.3, -0.25) is 9.59 Å². The Kier molecular flexibility index (Phi) is 21.6. The molecular weight excluding hydrogens is 476 g/mol. The van der Waals surface area contributed by atoms with E-state index in [0.29, 0.717) is 12.8 Å². The largest absolute Gasteiger partial charge is 0.550 e. The van der Waals surface area contributed by atoms with Crippen LogP contribution >= 0.6 is 21.6 Å². The molecule has 2 atom stereocenters. The Labute approximate surface area is 212 Å². The van der Waals surface area contributed by atoms with Gasteiger partial charge < -0.3 is 31.3 Å². The van der Waals surface area contributed by atoms with Crippen molar-refractivity contribution in [2.45, 2.75) is 89.9 Å². The monoisotopic (exact) mass is 520 g/mol. The minimum Gasteiger partial charge on any atom is -0.550 e. The van der Waals surface area contributed by atoms with E-state index in [1.807, 2.05) is 0 Å². The standard InChI is InChI=1S/C24H44N2O6S2/c25-13-9-5-1-3-7-11-21(27)15-19(23(29)30)17-33-34-18-20(24(31)32)16-22(28)12-8-4-2-6-10-14-26/h19-20H,1-18,25-26H2,(H,29,30)(H,31,32). The molecule has 10 heteroatoms. The molecule has 6 N–H and O–H groups in total. The fraction of sp³-hybridized carbons (Fsp3) is 0.833. The maximum atomic E-state index is 12.1. The second-order valence-electron chi connectivity index (χ2n) is 8.83. The van der Waals surface area contributed by atoms with Gasteiger partial charge in [-0.1, -0.05) is 47.3 Å². The van der Waals surface area contributed by atoms with Gasteiger partial charge in [-0.2, -0.15) is 0 Å². The Hall–Kier alpha value is -1.10. The molecular formula is C24H44N2O6S2. The lowest BCUT2D eigenvalue weighted by molar-refractivity contribution is -0.368. The first kappa shape index (κ1) is 32.9. The highest BCUT2D eigenvalue weighted by molar-refractivity contribution is 8.76. The number of carbonyl (C=O) groups is 4. The summed E-state index contributed by atoms with van der Waals surface area (Å²) in [4.78, 5) is 47.0. The number of aliphatic carboxylic acids is 2. The fourth-order valence-corrected chi connectivity index (χ4v) is 6.09. The number of quaternary nitrogens is 2. The molecule has 0 amide bonds. The van der Waals surface area contributed by atoms with Gasteiger partial charge in [-0.15, -0.1) is 0 Å². The molecule has 0 aromatic carbocycles. The van der Waals surface area contributed by atoms with Crippen molar-refractivity contribution in [2.75, 3.05) is 24.6 Å². The van der Waals surface area contributed by atoms with Gasteiger partial charge in [0, 0.05) is 61.0 Å². The van der Waals surface area contributed by atoms with Gasteiger partial charge in [0.2, 0.25) is 0 Å². The van der Waals surface area contributed by atoms with Crippen molar-refractivity contribution in [2.24, 2.45) is 11.8 Å². The Morgan fingerprint density at radius 1 is 0.559 bits per heavy atom. The van der Waals surface area contributed by atoms with Crippen molar-refractivity contribution in [3.63, 3.8) is 0 Å². The second kappa shape index (κ2) is 22.4. The van der Waals surface area contributed by atoms with Crippen LogP contribution < -0.4 is 21.7 Å². The van der Waals surface area contributed by atoms with Crippen LogP contribution in [0.2, 0.25) is 0 Å². The Morgan fingerprint density at radius 3 is 1.21 bits per heavy atom. The molecule has 0 heterocycles. The SMILES string of the molecule is [NH3+]CCCCCCCC(=O)CC(CSSCC(CC(=O)CCCCCCC[NH3+])C(=O)[O-])C(=O)[O-]. The molecule has 0 bridgehead atoms. The molecule has 0 saturated heterocycles. The number of ketones is 2. The lowest BCUT2D eigenvalue weighted by Gasteiger charge is -2.19. The summed E-state index contributed by atoms with van der Waals surface area (Å²) >= 11 is 0. The van der Waals surface area contributed by atoms with Crippen molar-refractivity contribution in [3.05, 3.63) is 0 Å². The third-order valence-electron chi connectivity index (χ3n) is 5.65. The quantitative estimate of drug-likeness (QED) is 0.127. The third kappa shape index (κ3) is 19.2. The number of rotatable bonds is 25. The molecule has 8 nitrogen and oxygen atoms in total. The summed E-state index contributed by atoms with van der Waals surface area (Å²) in [6.45, 7) is 1.83. The highest BCUT2D eigenvalue weighted by Crippen LogP contribution is 2.29. The molecule has 0 fully saturated rings. The van der Waals surface area contributed by atoms with E-state index >= 15 is 0 Å². The van der Waals surface area contributed by atoms with Crippen LogP contribution in [0.1, 0.15) is 89.9 Å². The van der Waals surface area contributed by atoms with Gasteiger partial charge in [-0.05, 0) is 38.5 Å². The summed E-state index contributed by atoms with van der Waals surface area (Å²) in [7, 11) is 2.40. The topological polar surface area (TPSA) is 170 Å². The fourth-order valence-electron chi connectivity index (χ4n) is 3.49. The summed E-state index contributed by atoms with van der Waals surface area (Å²) in [5, 5.41) is 22.8. The average molecular weight is 521 g/mol. The van der Waals surface area contributed by atoms with Crippen LogP contribution in [0.3, 0.4) is 0 Å². The van der Waals surface area contributed by atoms with Gasteiger partial charge in [-0.25, -0.2) is 0 Å². The van der Waals surface area contributed by atoms with Crippen molar-refractivity contribution in [1.82, 2.24) is 0 Å². The maximum Gasteiger partial charge on any atom is 0.133 e. The van der Waals surface area contributed by atoms with Crippen LogP contribution in [0.25, 0.3) is 0 Å². The zero-order chi connectivity index (χ0) is 25.6. The number of unbranched alkanes of at least 4 members (excludes halogenated alkanes) is 8. The number of hydrogen-bond acceptors (Lipinski definition) is 8. The highest BCUT2D eigenvalue weighted by Gasteiger charge is 2.18. The van der Waals surface area contributed by atoms with E-state index in [4.69, 9.17) is 0 Å². The van der Waals surface area contributed by atoms with Gasteiger partial charge in [0.1, 0.15) is 11.6 Å². The number of carbonyl (C=O) groups excluding carboxylic acids is 4. The minimum absolute atomic E-state index is 0.0635. The van der Waals surface area contributed by atoms with Crippen LogP contribution in [0.5, 0.6) is 0 Å². The summed E-state index contributed by atoms with van der Waals surface area (Å²) in [6.07, 6.45) is 10.5. The van der Waals surface area contributed by atoms with E-state index in [-0.39, 0.29) is 35.9 Å². The lowest BCUT2D eigenvalue weighted by atomic mass is 10.0. The van der Waals surface area contributed by atoms with E-state index in [0.717, 1.165) is 77.3 Å². The normalized spacial score (nSPS) is 12.9. The van der Waals surface area contributed by atoms with Gasteiger partial charge in [0.05, 0.1) is 13.1 Å². The van der Waals surface area contributed by atoms with Crippen LogP contribution in [0.4, 0.5) is 0 Å². The average Bonchev–Trinajstić information content (AvgIpc) is 2.79. The number of carboxylic acids is 2. The zero-order valence-corrected chi connectivity index (χ0v) is 22.2. The molecule has 0 aromatic rings. The van der Waals surface area contributed by atoms with Crippen LogP contribution in [0.15, 0.2) is 0 Å². The Balaban J connectivity index is 4.18. The van der Waals surface area contributed by atoms with E-state index in [1.165, 1.54) is 21.6 Å². The smallest absolute Gasteiger partial charge is 0.133 e. The summed E-state index contributed by atoms with van der Waals surface area (Å²) < 4.78 is 0. The predicted octanol–water partition coefficient (Wildman–Crippen LogP) is 0.183. The van der Waals surface area contributed by atoms with Gasteiger partial charge in [0.15, 0.2) is 0 Å². The van der Waals surface area contributed by atoms with Crippen LogP contribution in [-0.2, 0) is 19.2 Å². The molecule has 0 saturated carbocycles. The van der Waals surface area contributed by atoms with Crippen LogP contribution in [0, 0.1) is 11.8 Å². The molecule has 0 spiro atoms. The number of carboxylic acid groups (broad SMARTS) is 2. The molecule has 0 aliphatic heterocycles. The molecule has 198 valence electrons. The first-order valence-corrected chi connectivity index (χ1v) is 15.1. The lowest BCUT2D eigenvalue weighted by Crippen LogP contribution is -2.50. The van der Waals surface area contributed by atoms with Crippen molar-refractivity contribution >= 4 is 45.1 Å². The van der Waals surface area contributed by atoms with E-state index in [9.17, 15) is 29.4 Å². The van der Waals surface area contributed by atoms with Crippen molar-refractivity contribution < 1.29 is 40.9 Å². The van der Waals surface area contributed by atoms with E-state index < -0.39 is 23.8 Å². The molecule has 34 heavy (non-hydrogen) atoms. The molecule has 0 radical (unpaired) electrons. The molecule has 0 rings (SSSR count). The van der Waals surface area contributed by atoms with E-state index in [2.05, 4.69) is 11.5 Å². The van der Waals surface area contributed by atoms with Gasteiger partial charge >= 0.3 is 0 Å². The third-order valence-corrected chi connectivity index (χ3v) is 8.21.